The van der Waals surface area contributed by atoms with E-state index in [1.807, 2.05) is 24.3 Å². The van der Waals surface area contributed by atoms with Crippen molar-refractivity contribution in [3.05, 3.63) is 65.2 Å². The lowest BCUT2D eigenvalue weighted by atomic mass is 9.99. The molecule has 0 bridgehead atoms. The Morgan fingerprint density at radius 2 is 1.55 bits per heavy atom. The summed E-state index contributed by atoms with van der Waals surface area (Å²) in [5, 5.41) is 2.79. The molecule has 0 atom stereocenters. The van der Waals surface area contributed by atoms with Crippen molar-refractivity contribution in [2.24, 2.45) is 5.92 Å². The lowest BCUT2D eigenvalue weighted by Crippen LogP contribution is -2.40. The van der Waals surface area contributed by atoms with Gasteiger partial charge in [0, 0.05) is 38.0 Å². The molecule has 1 amide bonds. The fraction of sp³-hybridized carbons (Fsp3) is 0.440. The molecule has 33 heavy (non-hydrogen) atoms. The number of rotatable bonds is 10. The summed E-state index contributed by atoms with van der Waals surface area (Å²) in [6, 6.07) is 14.1. The molecule has 1 saturated heterocycles. The van der Waals surface area contributed by atoms with E-state index in [0.29, 0.717) is 37.8 Å². The lowest BCUT2D eigenvalue weighted by Gasteiger charge is -2.26. The topological polar surface area (TPSA) is 92.8 Å². The molecule has 0 saturated carbocycles. The Morgan fingerprint density at radius 1 is 0.939 bits per heavy atom. The van der Waals surface area contributed by atoms with E-state index >= 15 is 0 Å². The first-order valence-electron chi connectivity index (χ1n) is 11.3. The van der Waals surface area contributed by atoms with Crippen LogP contribution in [0.5, 0.6) is 0 Å². The maximum absolute atomic E-state index is 12.7. The van der Waals surface area contributed by atoms with Gasteiger partial charge in [-0.2, -0.15) is 4.31 Å². The molecule has 0 aromatic heterocycles. The average Bonchev–Trinajstić information content (AvgIpc) is 2.82. The number of nitrogens with zero attached hydrogens (tertiary/aromatic N) is 1. The van der Waals surface area contributed by atoms with Gasteiger partial charge >= 0.3 is 0 Å². The molecular formula is C25H32N2O5S. The number of hydrogen-bond donors (Lipinski definition) is 1. The largest absolute Gasteiger partial charge is 0.379 e. The monoisotopic (exact) mass is 472 g/mol. The van der Waals surface area contributed by atoms with Crippen LogP contribution in [0.25, 0.3) is 0 Å². The van der Waals surface area contributed by atoms with Gasteiger partial charge in [0.15, 0.2) is 5.78 Å². The minimum Gasteiger partial charge on any atom is -0.379 e. The molecule has 1 aliphatic heterocycles. The summed E-state index contributed by atoms with van der Waals surface area (Å²) in [6.07, 6.45) is 1.22. The Kier molecular flexibility index (Phi) is 8.77. The molecule has 1 N–H and O–H groups in total. The maximum atomic E-state index is 12.7. The van der Waals surface area contributed by atoms with Gasteiger partial charge in [-0.25, -0.2) is 8.42 Å². The van der Waals surface area contributed by atoms with Crippen LogP contribution in [0.1, 0.15) is 48.2 Å². The quantitative estimate of drug-likeness (QED) is 0.536. The molecule has 178 valence electrons. The highest BCUT2D eigenvalue weighted by Crippen LogP contribution is 2.18. The maximum Gasteiger partial charge on any atom is 0.243 e. The Bertz CT molecular complexity index is 1040. The number of morpholine rings is 1. The molecule has 3 rings (SSSR count). The number of hydrogen-bond acceptors (Lipinski definition) is 5. The van der Waals surface area contributed by atoms with E-state index in [9.17, 15) is 18.0 Å². The molecule has 1 aliphatic rings. The van der Waals surface area contributed by atoms with Gasteiger partial charge in [-0.3, -0.25) is 9.59 Å². The van der Waals surface area contributed by atoms with Crippen molar-refractivity contribution in [2.75, 3.05) is 26.3 Å². The molecule has 2 aromatic rings. The number of benzene rings is 2. The van der Waals surface area contributed by atoms with Crippen molar-refractivity contribution >= 4 is 21.7 Å². The van der Waals surface area contributed by atoms with E-state index < -0.39 is 10.0 Å². The number of carbonyl (C=O) groups excluding carboxylic acids is 2. The smallest absolute Gasteiger partial charge is 0.243 e. The Labute approximate surface area is 196 Å². The van der Waals surface area contributed by atoms with Crippen molar-refractivity contribution in [2.45, 2.75) is 44.6 Å². The van der Waals surface area contributed by atoms with Gasteiger partial charge in [-0.15, -0.1) is 0 Å². The molecule has 0 aliphatic carbocycles. The Balaban J connectivity index is 1.45. The average molecular weight is 473 g/mol. The van der Waals surface area contributed by atoms with E-state index in [2.05, 4.69) is 19.2 Å². The summed E-state index contributed by atoms with van der Waals surface area (Å²) in [6.45, 7) is 6.07. The van der Waals surface area contributed by atoms with Crippen LogP contribution in [0.15, 0.2) is 53.4 Å². The van der Waals surface area contributed by atoms with Crippen LogP contribution in [0.4, 0.5) is 0 Å². The number of ketones is 1. The van der Waals surface area contributed by atoms with Gasteiger partial charge in [0.2, 0.25) is 15.9 Å². The van der Waals surface area contributed by atoms with Crippen molar-refractivity contribution in [3.63, 3.8) is 0 Å². The minimum absolute atomic E-state index is 0.0566. The Morgan fingerprint density at radius 3 is 2.15 bits per heavy atom. The van der Waals surface area contributed by atoms with Gasteiger partial charge in [-0.1, -0.05) is 50.2 Å². The van der Waals surface area contributed by atoms with Gasteiger partial charge in [0.1, 0.15) is 0 Å². The third-order valence-electron chi connectivity index (χ3n) is 5.52. The van der Waals surface area contributed by atoms with Crippen LogP contribution in [-0.4, -0.2) is 50.7 Å². The van der Waals surface area contributed by atoms with E-state index in [1.165, 1.54) is 9.87 Å². The summed E-state index contributed by atoms with van der Waals surface area (Å²) < 4.78 is 32.0. The van der Waals surface area contributed by atoms with Crippen LogP contribution in [0, 0.1) is 5.92 Å². The zero-order valence-electron chi connectivity index (χ0n) is 19.2. The second-order valence-corrected chi connectivity index (χ2v) is 10.6. The van der Waals surface area contributed by atoms with E-state index in [1.54, 1.807) is 24.3 Å². The standard InChI is InChI=1S/C25H32N2O5S/c1-19(2)17-20-3-7-22(8-4-20)24(28)11-12-25(29)26-18-21-5-9-23(10-6-21)33(30,31)27-13-15-32-16-14-27/h3-10,19H,11-18H2,1-2H3,(H,26,29). The first-order chi connectivity index (χ1) is 15.8. The number of sulfonamides is 1. The highest BCUT2D eigenvalue weighted by atomic mass is 32.2. The third-order valence-corrected chi connectivity index (χ3v) is 7.43. The van der Waals surface area contributed by atoms with Crippen LogP contribution in [0.3, 0.4) is 0 Å². The summed E-state index contributed by atoms with van der Waals surface area (Å²) in [7, 11) is -3.54. The van der Waals surface area contributed by atoms with Gasteiger partial charge in [-0.05, 0) is 35.6 Å². The van der Waals surface area contributed by atoms with Crippen molar-refractivity contribution < 1.29 is 22.7 Å². The second kappa shape index (κ2) is 11.5. The molecule has 1 fully saturated rings. The normalized spacial score (nSPS) is 14.9. The summed E-state index contributed by atoms with van der Waals surface area (Å²) >= 11 is 0. The zero-order valence-corrected chi connectivity index (χ0v) is 20.1. The molecule has 8 heteroatoms. The molecule has 1 heterocycles. The number of ether oxygens (including phenoxy) is 1. The molecular weight excluding hydrogens is 440 g/mol. The predicted octanol–water partition coefficient (Wildman–Crippen LogP) is 3.19. The number of nitrogens with one attached hydrogen (secondary N) is 1. The van der Waals surface area contributed by atoms with E-state index in [0.717, 1.165) is 12.0 Å². The van der Waals surface area contributed by atoms with Crippen LogP contribution in [-0.2, 0) is 32.5 Å². The fourth-order valence-electron chi connectivity index (χ4n) is 3.67. The van der Waals surface area contributed by atoms with Crippen LogP contribution in [0.2, 0.25) is 0 Å². The van der Waals surface area contributed by atoms with Gasteiger partial charge < -0.3 is 10.1 Å². The molecule has 0 spiro atoms. The second-order valence-electron chi connectivity index (χ2n) is 8.66. The highest BCUT2D eigenvalue weighted by Gasteiger charge is 2.26. The van der Waals surface area contributed by atoms with E-state index in [-0.39, 0.29) is 36.0 Å². The van der Waals surface area contributed by atoms with Crippen LogP contribution < -0.4 is 5.32 Å². The highest BCUT2D eigenvalue weighted by molar-refractivity contribution is 7.89. The summed E-state index contributed by atoms with van der Waals surface area (Å²) in [5.41, 5.74) is 2.60. The van der Waals surface area contributed by atoms with E-state index in [4.69, 9.17) is 4.74 Å². The fourth-order valence-corrected chi connectivity index (χ4v) is 5.08. The zero-order chi connectivity index (χ0) is 23.8. The molecule has 7 nitrogen and oxygen atoms in total. The summed E-state index contributed by atoms with van der Waals surface area (Å²) in [4.78, 5) is 24.8. The van der Waals surface area contributed by atoms with Crippen molar-refractivity contribution in [1.29, 1.82) is 0 Å². The molecule has 0 radical (unpaired) electrons. The predicted molar refractivity (Wildman–Crippen MR) is 126 cm³/mol. The molecule has 0 unspecified atom stereocenters. The van der Waals surface area contributed by atoms with Gasteiger partial charge in [0.25, 0.3) is 0 Å². The first-order valence-corrected chi connectivity index (χ1v) is 12.8. The van der Waals surface area contributed by atoms with Crippen molar-refractivity contribution in [3.8, 4) is 0 Å². The Hall–Kier alpha value is -2.55. The lowest BCUT2D eigenvalue weighted by molar-refractivity contribution is -0.121. The SMILES string of the molecule is CC(C)Cc1ccc(C(=O)CCC(=O)NCc2ccc(S(=O)(=O)N3CCOCC3)cc2)cc1. The van der Waals surface area contributed by atoms with Crippen LogP contribution >= 0.6 is 0 Å². The minimum atomic E-state index is -3.54. The number of amides is 1. The number of carbonyl (C=O) groups is 2. The number of Topliss-reactive ketones (excluding diaryl/α,β-unsaturated/α-hetero) is 1. The summed E-state index contributed by atoms with van der Waals surface area (Å²) in [5.74, 6) is 0.282. The van der Waals surface area contributed by atoms with Gasteiger partial charge in [0.05, 0.1) is 18.1 Å². The molecule has 2 aromatic carbocycles. The first kappa shape index (κ1) is 25.1. The third kappa shape index (κ3) is 7.22. The van der Waals surface area contributed by atoms with Crippen molar-refractivity contribution in [1.82, 2.24) is 9.62 Å².